The third-order valence-electron chi connectivity index (χ3n) is 4.78. The fourth-order valence-corrected chi connectivity index (χ4v) is 3.47. The number of aryl methyl sites for hydroxylation is 2. The second-order valence-electron chi connectivity index (χ2n) is 5.74. The second kappa shape index (κ2) is 5.88. The van der Waals surface area contributed by atoms with Crippen LogP contribution in [0.25, 0.3) is 0 Å². The first-order valence-corrected chi connectivity index (χ1v) is 7.58. The number of nitrogens with two attached hydrogens (primary N) is 1. The Bertz CT molecular complexity index is 389. The number of benzene rings is 1. The molecule has 1 aliphatic carbocycles. The second-order valence-corrected chi connectivity index (χ2v) is 5.74. The van der Waals surface area contributed by atoms with Crippen molar-refractivity contribution in [1.82, 2.24) is 0 Å². The van der Waals surface area contributed by atoms with Crippen LogP contribution in [0.1, 0.15) is 62.6 Å². The Morgan fingerprint density at radius 2 is 1.67 bits per heavy atom. The van der Waals surface area contributed by atoms with Crippen molar-refractivity contribution in [3.63, 3.8) is 0 Å². The van der Waals surface area contributed by atoms with E-state index in [2.05, 4.69) is 32.0 Å². The van der Waals surface area contributed by atoms with Gasteiger partial charge in [-0.05, 0) is 42.4 Å². The SMILES string of the molecule is CCc1ccc(C2(CN)CCCCC2)cc1CC. The molecule has 18 heavy (non-hydrogen) atoms. The van der Waals surface area contributed by atoms with E-state index in [0.717, 1.165) is 19.4 Å². The number of rotatable bonds is 4. The van der Waals surface area contributed by atoms with E-state index in [4.69, 9.17) is 5.73 Å². The third kappa shape index (κ3) is 2.47. The summed E-state index contributed by atoms with van der Waals surface area (Å²) in [6, 6.07) is 7.12. The zero-order valence-corrected chi connectivity index (χ0v) is 12.0. The van der Waals surface area contributed by atoms with E-state index in [0.29, 0.717) is 0 Å². The zero-order valence-electron chi connectivity index (χ0n) is 12.0. The minimum absolute atomic E-state index is 0.272. The van der Waals surface area contributed by atoms with Gasteiger partial charge in [-0.15, -0.1) is 0 Å². The monoisotopic (exact) mass is 245 g/mol. The van der Waals surface area contributed by atoms with E-state index in [-0.39, 0.29) is 5.41 Å². The van der Waals surface area contributed by atoms with Gasteiger partial charge in [-0.3, -0.25) is 0 Å². The van der Waals surface area contributed by atoms with E-state index < -0.39 is 0 Å². The van der Waals surface area contributed by atoms with Crippen molar-refractivity contribution in [2.45, 2.75) is 64.2 Å². The van der Waals surface area contributed by atoms with Gasteiger partial charge in [0.25, 0.3) is 0 Å². The van der Waals surface area contributed by atoms with Crippen LogP contribution in [-0.2, 0) is 18.3 Å². The molecule has 1 aliphatic rings. The van der Waals surface area contributed by atoms with Crippen LogP contribution in [0.15, 0.2) is 18.2 Å². The van der Waals surface area contributed by atoms with Crippen molar-refractivity contribution in [3.05, 3.63) is 34.9 Å². The van der Waals surface area contributed by atoms with E-state index >= 15 is 0 Å². The maximum Gasteiger partial charge on any atom is 0.00756 e. The van der Waals surface area contributed by atoms with Gasteiger partial charge in [-0.2, -0.15) is 0 Å². The summed E-state index contributed by atoms with van der Waals surface area (Å²) in [5.74, 6) is 0. The number of hydrogen-bond acceptors (Lipinski definition) is 1. The van der Waals surface area contributed by atoms with Gasteiger partial charge >= 0.3 is 0 Å². The molecule has 0 radical (unpaired) electrons. The number of hydrogen-bond donors (Lipinski definition) is 1. The molecule has 0 atom stereocenters. The lowest BCUT2D eigenvalue weighted by Crippen LogP contribution is -2.37. The fraction of sp³-hybridized carbons (Fsp3) is 0.647. The van der Waals surface area contributed by atoms with E-state index in [1.165, 1.54) is 48.8 Å². The smallest absolute Gasteiger partial charge is 0.00756 e. The predicted molar refractivity (Wildman–Crippen MR) is 79.0 cm³/mol. The Kier molecular flexibility index (Phi) is 4.45. The average Bonchev–Trinajstić information content (AvgIpc) is 2.47. The first-order chi connectivity index (χ1) is 8.75. The average molecular weight is 245 g/mol. The van der Waals surface area contributed by atoms with Gasteiger partial charge in [-0.25, -0.2) is 0 Å². The van der Waals surface area contributed by atoms with Crippen molar-refractivity contribution in [3.8, 4) is 0 Å². The molecule has 1 nitrogen and oxygen atoms in total. The molecule has 2 rings (SSSR count). The van der Waals surface area contributed by atoms with Gasteiger partial charge < -0.3 is 5.73 Å². The normalized spacial score (nSPS) is 18.8. The summed E-state index contributed by atoms with van der Waals surface area (Å²) in [7, 11) is 0. The maximum absolute atomic E-state index is 6.13. The highest BCUT2D eigenvalue weighted by Crippen LogP contribution is 2.39. The lowest BCUT2D eigenvalue weighted by atomic mass is 9.69. The van der Waals surface area contributed by atoms with E-state index in [1.54, 1.807) is 0 Å². The van der Waals surface area contributed by atoms with Crippen molar-refractivity contribution in [1.29, 1.82) is 0 Å². The molecular formula is C17H27N. The zero-order chi connectivity index (χ0) is 13.0. The topological polar surface area (TPSA) is 26.0 Å². The Morgan fingerprint density at radius 1 is 1.00 bits per heavy atom. The third-order valence-corrected chi connectivity index (χ3v) is 4.78. The molecule has 2 N–H and O–H groups in total. The summed E-state index contributed by atoms with van der Waals surface area (Å²) in [5, 5.41) is 0. The molecule has 1 heteroatoms. The highest BCUT2D eigenvalue weighted by atomic mass is 14.6. The predicted octanol–water partition coefficient (Wildman–Crippen LogP) is 3.97. The summed E-state index contributed by atoms with van der Waals surface area (Å²) in [5.41, 5.74) is 10.9. The standard InChI is InChI=1S/C17H27N/c1-3-14-8-9-16(12-15(14)4-2)17(13-18)10-6-5-7-11-17/h8-9,12H,3-7,10-11,13,18H2,1-2H3. The molecule has 0 spiro atoms. The van der Waals surface area contributed by atoms with Crippen molar-refractivity contribution in [2.24, 2.45) is 5.73 Å². The van der Waals surface area contributed by atoms with Gasteiger partial charge in [0.05, 0.1) is 0 Å². The molecule has 1 aromatic carbocycles. The molecule has 100 valence electrons. The van der Waals surface area contributed by atoms with E-state index in [9.17, 15) is 0 Å². The largest absolute Gasteiger partial charge is 0.330 e. The van der Waals surface area contributed by atoms with Crippen molar-refractivity contribution in [2.75, 3.05) is 6.54 Å². The molecule has 0 saturated heterocycles. The first-order valence-electron chi connectivity index (χ1n) is 7.58. The van der Waals surface area contributed by atoms with Crippen molar-refractivity contribution < 1.29 is 0 Å². The quantitative estimate of drug-likeness (QED) is 0.853. The molecule has 0 heterocycles. The summed E-state index contributed by atoms with van der Waals surface area (Å²) in [6.45, 7) is 5.31. The van der Waals surface area contributed by atoms with Crippen LogP contribution < -0.4 is 5.73 Å². The van der Waals surface area contributed by atoms with Gasteiger partial charge in [0.1, 0.15) is 0 Å². The molecule has 1 fully saturated rings. The fourth-order valence-electron chi connectivity index (χ4n) is 3.47. The minimum Gasteiger partial charge on any atom is -0.330 e. The summed E-state index contributed by atoms with van der Waals surface area (Å²) < 4.78 is 0. The van der Waals surface area contributed by atoms with Crippen LogP contribution in [0, 0.1) is 0 Å². The Balaban J connectivity index is 2.36. The van der Waals surface area contributed by atoms with Crippen LogP contribution in [0.2, 0.25) is 0 Å². The Labute approximate surface area is 112 Å². The van der Waals surface area contributed by atoms with Gasteiger partial charge in [0.2, 0.25) is 0 Å². The summed E-state index contributed by atoms with van der Waals surface area (Å²) in [6.07, 6.45) is 8.89. The van der Waals surface area contributed by atoms with Gasteiger partial charge in [0.15, 0.2) is 0 Å². The highest BCUT2D eigenvalue weighted by Gasteiger charge is 2.32. The molecule has 1 saturated carbocycles. The van der Waals surface area contributed by atoms with Crippen LogP contribution in [0.4, 0.5) is 0 Å². The van der Waals surface area contributed by atoms with Crippen LogP contribution in [-0.4, -0.2) is 6.54 Å². The molecular weight excluding hydrogens is 218 g/mol. The molecule has 0 bridgehead atoms. The highest BCUT2D eigenvalue weighted by molar-refractivity contribution is 5.37. The minimum atomic E-state index is 0.272. The Morgan fingerprint density at radius 3 is 2.22 bits per heavy atom. The molecule has 0 aromatic heterocycles. The van der Waals surface area contributed by atoms with Gasteiger partial charge in [0, 0.05) is 12.0 Å². The Hall–Kier alpha value is -0.820. The summed E-state index contributed by atoms with van der Waals surface area (Å²) >= 11 is 0. The molecule has 0 amide bonds. The molecule has 0 unspecified atom stereocenters. The lowest BCUT2D eigenvalue weighted by Gasteiger charge is -2.37. The van der Waals surface area contributed by atoms with Crippen LogP contribution >= 0.6 is 0 Å². The van der Waals surface area contributed by atoms with E-state index in [1.807, 2.05) is 0 Å². The van der Waals surface area contributed by atoms with Crippen molar-refractivity contribution >= 4 is 0 Å². The molecule has 0 aliphatic heterocycles. The maximum atomic E-state index is 6.13. The van der Waals surface area contributed by atoms with Crippen LogP contribution in [0.3, 0.4) is 0 Å². The first kappa shape index (κ1) is 13.6. The molecule has 1 aromatic rings. The van der Waals surface area contributed by atoms with Gasteiger partial charge in [-0.1, -0.05) is 51.3 Å². The van der Waals surface area contributed by atoms with Crippen LogP contribution in [0.5, 0.6) is 0 Å². The lowest BCUT2D eigenvalue weighted by molar-refractivity contribution is 0.300. The summed E-state index contributed by atoms with van der Waals surface area (Å²) in [4.78, 5) is 0.